The summed E-state index contributed by atoms with van der Waals surface area (Å²) < 4.78 is 5.40. The molecular formula is C8H16O2. The Kier molecular flexibility index (Phi) is 1.77. The van der Waals surface area contributed by atoms with Gasteiger partial charge in [0.1, 0.15) is 0 Å². The monoisotopic (exact) mass is 144 g/mol. The van der Waals surface area contributed by atoms with Crippen molar-refractivity contribution in [1.29, 1.82) is 0 Å². The maximum absolute atomic E-state index is 9.71. The van der Waals surface area contributed by atoms with Crippen LogP contribution in [-0.4, -0.2) is 22.9 Å². The van der Waals surface area contributed by atoms with E-state index in [9.17, 15) is 5.11 Å². The number of rotatable bonds is 1. The van der Waals surface area contributed by atoms with Crippen molar-refractivity contribution < 1.29 is 9.84 Å². The van der Waals surface area contributed by atoms with Gasteiger partial charge in [0.15, 0.2) is 0 Å². The Morgan fingerprint density at radius 2 is 2.10 bits per heavy atom. The van der Waals surface area contributed by atoms with Crippen molar-refractivity contribution in [3.05, 3.63) is 0 Å². The standard InChI is InChI=1S/C8H16O2/c1-4-8(9)5-7(2,3)10-6-8/h9H,4-6H2,1-3H3. The molecule has 0 amide bonds. The quantitative estimate of drug-likeness (QED) is 0.601. The van der Waals surface area contributed by atoms with Crippen LogP contribution in [-0.2, 0) is 4.74 Å². The fourth-order valence-electron chi connectivity index (χ4n) is 1.45. The first-order chi connectivity index (χ1) is 4.47. The normalized spacial score (nSPS) is 38.4. The van der Waals surface area contributed by atoms with Crippen molar-refractivity contribution >= 4 is 0 Å². The molecule has 1 rings (SSSR count). The highest BCUT2D eigenvalue weighted by Crippen LogP contribution is 2.34. The minimum atomic E-state index is -0.552. The van der Waals surface area contributed by atoms with Crippen LogP contribution < -0.4 is 0 Å². The van der Waals surface area contributed by atoms with E-state index in [1.807, 2.05) is 20.8 Å². The molecule has 1 fully saturated rings. The molecule has 0 aromatic rings. The minimum Gasteiger partial charge on any atom is -0.387 e. The SMILES string of the molecule is CCC1(O)COC(C)(C)C1. The van der Waals surface area contributed by atoms with E-state index >= 15 is 0 Å². The van der Waals surface area contributed by atoms with Crippen LogP contribution in [0.2, 0.25) is 0 Å². The van der Waals surface area contributed by atoms with Crippen LogP contribution in [0.3, 0.4) is 0 Å². The fourth-order valence-corrected chi connectivity index (χ4v) is 1.45. The zero-order valence-corrected chi connectivity index (χ0v) is 6.98. The molecule has 1 heterocycles. The van der Waals surface area contributed by atoms with Crippen molar-refractivity contribution in [2.75, 3.05) is 6.61 Å². The molecule has 1 aliphatic heterocycles. The molecule has 0 spiro atoms. The van der Waals surface area contributed by atoms with Crippen LogP contribution in [0.1, 0.15) is 33.6 Å². The third kappa shape index (κ3) is 1.50. The third-order valence-corrected chi connectivity index (χ3v) is 2.14. The van der Waals surface area contributed by atoms with Crippen LogP contribution in [0, 0.1) is 0 Å². The second kappa shape index (κ2) is 2.21. The van der Waals surface area contributed by atoms with Gasteiger partial charge in [0.2, 0.25) is 0 Å². The first-order valence-corrected chi connectivity index (χ1v) is 3.84. The summed E-state index contributed by atoms with van der Waals surface area (Å²) in [4.78, 5) is 0. The summed E-state index contributed by atoms with van der Waals surface area (Å²) in [6, 6.07) is 0. The van der Waals surface area contributed by atoms with Crippen molar-refractivity contribution in [3.8, 4) is 0 Å². The molecular weight excluding hydrogens is 128 g/mol. The van der Waals surface area contributed by atoms with Crippen LogP contribution in [0.15, 0.2) is 0 Å². The Morgan fingerprint density at radius 1 is 1.50 bits per heavy atom. The van der Waals surface area contributed by atoms with E-state index in [4.69, 9.17) is 4.74 Å². The lowest BCUT2D eigenvalue weighted by Gasteiger charge is -2.20. The van der Waals surface area contributed by atoms with E-state index in [0.29, 0.717) is 6.61 Å². The lowest BCUT2D eigenvalue weighted by molar-refractivity contribution is 0.00411. The summed E-state index contributed by atoms with van der Waals surface area (Å²) in [6.07, 6.45) is 1.55. The fraction of sp³-hybridized carbons (Fsp3) is 1.00. The van der Waals surface area contributed by atoms with Gasteiger partial charge in [-0.1, -0.05) is 6.92 Å². The number of ether oxygens (including phenoxy) is 1. The van der Waals surface area contributed by atoms with Crippen molar-refractivity contribution in [2.24, 2.45) is 0 Å². The molecule has 0 aromatic carbocycles. The van der Waals surface area contributed by atoms with E-state index in [1.54, 1.807) is 0 Å². The predicted molar refractivity (Wildman–Crippen MR) is 39.9 cm³/mol. The van der Waals surface area contributed by atoms with Crippen LogP contribution in [0.5, 0.6) is 0 Å². The number of hydrogen-bond donors (Lipinski definition) is 1. The van der Waals surface area contributed by atoms with E-state index in [0.717, 1.165) is 12.8 Å². The second-order valence-electron chi connectivity index (χ2n) is 3.80. The average Bonchev–Trinajstić information content (AvgIpc) is 2.08. The van der Waals surface area contributed by atoms with E-state index < -0.39 is 5.60 Å². The van der Waals surface area contributed by atoms with Gasteiger partial charge in [-0.15, -0.1) is 0 Å². The Hall–Kier alpha value is -0.0800. The Balaban J connectivity index is 2.57. The number of hydrogen-bond acceptors (Lipinski definition) is 2. The van der Waals surface area contributed by atoms with E-state index in [1.165, 1.54) is 0 Å². The summed E-state index contributed by atoms with van der Waals surface area (Å²) in [5.41, 5.74) is -0.672. The van der Waals surface area contributed by atoms with Gasteiger partial charge in [0, 0.05) is 6.42 Å². The van der Waals surface area contributed by atoms with Gasteiger partial charge in [0.05, 0.1) is 17.8 Å². The second-order valence-corrected chi connectivity index (χ2v) is 3.80. The predicted octanol–water partition coefficient (Wildman–Crippen LogP) is 1.33. The Labute approximate surface area is 62.2 Å². The minimum absolute atomic E-state index is 0.120. The molecule has 2 nitrogen and oxygen atoms in total. The molecule has 10 heavy (non-hydrogen) atoms. The van der Waals surface area contributed by atoms with Crippen molar-refractivity contribution in [1.82, 2.24) is 0 Å². The Bertz CT molecular complexity index is 131. The zero-order valence-electron chi connectivity index (χ0n) is 6.98. The summed E-state index contributed by atoms with van der Waals surface area (Å²) in [7, 11) is 0. The van der Waals surface area contributed by atoms with Gasteiger partial charge >= 0.3 is 0 Å². The van der Waals surface area contributed by atoms with Crippen molar-refractivity contribution in [3.63, 3.8) is 0 Å². The molecule has 60 valence electrons. The smallest absolute Gasteiger partial charge is 0.0905 e. The third-order valence-electron chi connectivity index (χ3n) is 2.14. The van der Waals surface area contributed by atoms with Crippen LogP contribution in [0.25, 0.3) is 0 Å². The molecule has 2 heteroatoms. The van der Waals surface area contributed by atoms with Gasteiger partial charge in [0.25, 0.3) is 0 Å². The lowest BCUT2D eigenvalue weighted by atomic mass is 9.92. The molecule has 0 aromatic heterocycles. The van der Waals surface area contributed by atoms with Crippen molar-refractivity contribution in [2.45, 2.75) is 44.8 Å². The molecule has 1 aliphatic rings. The van der Waals surface area contributed by atoms with Gasteiger partial charge in [-0.25, -0.2) is 0 Å². The number of aliphatic hydroxyl groups is 1. The molecule has 0 bridgehead atoms. The highest BCUT2D eigenvalue weighted by Gasteiger charge is 2.41. The molecule has 0 saturated carbocycles. The molecule has 0 radical (unpaired) electrons. The lowest BCUT2D eigenvalue weighted by Crippen LogP contribution is -2.29. The van der Waals surface area contributed by atoms with Crippen LogP contribution >= 0.6 is 0 Å². The van der Waals surface area contributed by atoms with Crippen LogP contribution in [0.4, 0.5) is 0 Å². The topological polar surface area (TPSA) is 29.5 Å². The van der Waals surface area contributed by atoms with Gasteiger partial charge < -0.3 is 9.84 Å². The first kappa shape index (κ1) is 8.02. The zero-order chi connectivity index (χ0) is 7.83. The Morgan fingerprint density at radius 3 is 2.30 bits per heavy atom. The average molecular weight is 144 g/mol. The molecule has 0 aliphatic carbocycles. The van der Waals surface area contributed by atoms with E-state index in [-0.39, 0.29) is 5.60 Å². The highest BCUT2D eigenvalue weighted by molar-refractivity contribution is 4.91. The summed E-state index contributed by atoms with van der Waals surface area (Å²) in [6.45, 7) is 6.52. The summed E-state index contributed by atoms with van der Waals surface area (Å²) in [5, 5.41) is 9.71. The maximum atomic E-state index is 9.71. The first-order valence-electron chi connectivity index (χ1n) is 3.84. The summed E-state index contributed by atoms with van der Waals surface area (Å²) >= 11 is 0. The van der Waals surface area contributed by atoms with Gasteiger partial charge in [-0.3, -0.25) is 0 Å². The molecule has 1 saturated heterocycles. The highest BCUT2D eigenvalue weighted by atomic mass is 16.5. The summed E-state index contributed by atoms with van der Waals surface area (Å²) in [5.74, 6) is 0. The maximum Gasteiger partial charge on any atom is 0.0905 e. The largest absolute Gasteiger partial charge is 0.387 e. The van der Waals surface area contributed by atoms with E-state index in [2.05, 4.69) is 0 Å². The molecule has 1 atom stereocenters. The van der Waals surface area contributed by atoms with Gasteiger partial charge in [-0.05, 0) is 20.3 Å². The molecule has 1 N–H and O–H groups in total. The molecule has 1 unspecified atom stereocenters. The van der Waals surface area contributed by atoms with Gasteiger partial charge in [-0.2, -0.15) is 0 Å².